The molecule has 0 saturated heterocycles. The SMILES string of the molecule is COC(=O)C1=C(C)NC(C)=C(C(=O)OC)C1C(=O)OCC(=O)c1ccc(Cl)cc1Cl. The monoisotopic (exact) mass is 455 g/mol. The zero-order chi connectivity index (χ0) is 22.6. The maximum atomic E-state index is 12.9. The van der Waals surface area contributed by atoms with Gasteiger partial charge in [-0.15, -0.1) is 0 Å². The van der Waals surface area contributed by atoms with E-state index in [1.54, 1.807) is 13.8 Å². The number of ketones is 1. The van der Waals surface area contributed by atoms with Crippen LogP contribution < -0.4 is 5.32 Å². The van der Waals surface area contributed by atoms with Gasteiger partial charge in [0.25, 0.3) is 0 Å². The van der Waals surface area contributed by atoms with Crippen molar-refractivity contribution < 1.29 is 33.4 Å². The molecule has 30 heavy (non-hydrogen) atoms. The van der Waals surface area contributed by atoms with Crippen molar-refractivity contribution >= 4 is 46.9 Å². The molecule has 1 aliphatic rings. The van der Waals surface area contributed by atoms with Crippen LogP contribution in [-0.4, -0.2) is 44.5 Å². The summed E-state index contributed by atoms with van der Waals surface area (Å²) in [6.07, 6.45) is 0. The smallest absolute Gasteiger partial charge is 0.336 e. The first-order valence-corrected chi connectivity index (χ1v) is 9.38. The van der Waals surface area contributed by atoms with E-state index < -0.39 is 36.2 Å². The molecule has 160 valence electrons. The van der Waals surface area contributed by atoms with Crippen molar-refractivity contribution in [2.75, 3.05) is 20.8 Å². The van der Waals surface area contributed by atoms with Gasteiger partial charge in [-0.2, -0.15) is 0 Å². The van der Waals surface area contributed by atoms with E-state index in [2.05, 4.69) is 5.32 Å². The van der Waals surface area contributed by atoms with Crippen molar-refractivity contribution in [1.29, 1.82) is 0 Å². The number of benzene rings is 1. The molecule has 0 aliphatic carbocycles. The lowest BCUT2D eigenvalue weighted by Gasteiger charge is -2.28. The van der Waals surface area contributed by atoms with E-state index in [-0.39, 0.29) is 21.7 Å². The maximum absolute atomic E-state index is 12.9. The van der Waals surface area contributed by atoms with Gasteiger partial charge in [0.15, 0.2) is 6.61 Å². The molecular formula is C20H19Cl2NO7. The fourth-order valence-electron chi connectivity index (χ4n) is 3.00. The largest absolute Gasteiger partial charge is 0.466 e. The Hall–Kier alpha value is -2.84. The average Bonchev–Trinajstić information content (AvgIpc) is 2.70. The number of nitrogens with one attached hydrogen (secondary N) is 1. The molecule has 1 aliphatic heterocycles. The third-order valence-corrected chi connectivity index (χ3v) is 4.93. The second kappa shape index (κ2) is 9.77. The van der Waals surface area contributed by atoms with Crippen LogP contribution in [0.25, 0.3) is 0 Å². The van der Waals surface area contributed by atoms with E-state index in [0.29, 0.717) is 16.4 Å². The first kappa shape index (κ1) is 23.4. The molecule has 1 aromatic rings. The van der Waals surface area contributed by atoms with E-state index in [1.165, 1.54) is 18.2 Å². The Morgan fingerprint density at radius 2 is 1.50 bits per heavy atom. The highest BCUT2D eigenvalue weighted by Crippen LogP contribution is 2.32. The highest BCUT2D eigenvalue weighted by molar-refractivity contribution is 6.36. The molecular weight excluding hydrogens is 437 g/mol. The summed E-state index contributed by atoms with van der Waals surface area (Å²) in [6, 6.07) is 4.26. The number of Topliss-reactive ketones (excluding diaryl/α,β-unsaturated/α-hetero) is 1. The van der Waals surface area contributed by atoms with Gasteiger partial charge in [-0.3, -0.25) is 9.59 Å². The molecule has 1 heterocycles. The van der Waals surface area contributed by atoms with Crippen molar-refractivity contribution in [1.82, 2.24) is 5.32 Å². The van der Waals surface area contributed by atoms with E-state index in [1.807, 2.05) is 0 Å². The first-order valence-electron chi connectivity index (χ1n) is 8.62. The van der Waals surface area contributed by atoms with E-state index in [4.69, 9.17) is 37.4 Å². The summed E-state index contributed by atoms with van der Waals surface area (Å²) in [5.41, 5.74) is 0.483. The number of esters is 3. The first-order chi connectivity index (χ1) is 14.1. The van der Waals surface area contributed by atoms with Crippen LogP contribution in [-0.2, 0) is 28.6 Å². The summed E-state index contributed by atoms with van der Waals surface area (Å²) >= 11 is 11.8. The highest BCUT2D eigenvalue weighted by Gasteiger charge is 2.42. The lowest BCUT2D eigenvalue weighted by atomic mass is 9.85. The zero-order valence-electron chi connectivity index (χ0n) is 16.6. The molecule has 0 amide bonds. The molecule has 8 nitrogen and oxygen atoms in total. The highest BCUT2D eigenvalue weighted by atomic mass is 35.5. The van der Waals surface area contributed by atoms with Gasteiger partial charge < -0.3 is 19.5 Å². The predicted octanol–water partition coefficient (Wildman–Crippen LogP) is 2.83. The molecule has 10 heteroatoms. The molecule has 0 atom stereocenters. The summed E-state index contributed by atoms with van der Waals surface area (Å²) in [5.74, 6) is -4.67. The molecule has 0 saturated carbocycles. The standard InChI is InChI=1S/C20H19Cl2NO7/c1-9-15(18(25)28-3)17(16(10(2)23-9)19(26)29-4)20(27)30-8-14(24)12-6-5-11(21)7-13(12)22/h5-7,17,23H,8H2,1-4H3. The van der Waals surface area contributed by atoms with Crippen LogP contribution in [0.5, 0.6) is 0 Å². The summed E-state index contributed by atoms with van der Waals surface area (Å²) in [6.45, 7) is 2.43. The van der Waals surface area contributed by atoms with Crippen LogP contribution >= 0.6 is 23.2 Å². The third-order valence-electron chi connectivity index (χ3n) is 4.38. The fourth-order valence-corrected chi connectivity index (χ4v) is 3.52. The van der Waals surface area contributed by atoms with E-state index in [9.17, 15) is 19.2 Å². The quantitative estimate of drug-likeness (QED) is 0.396. The second-order valence-corrected chi connectivity index (χ2v) is 7.12. The van der Waals surface area contributed by atoms with E-state index in [0.717, 1.165) is 14.2 Å². The Morgan fingerprint density at radius 1 is 0.967 bits per heavy atom. The molecule has 2 rings (SSSR count). The van der Waals surface area contributed by atoms with Crippen molar-refractivity contribution in [3.63, 3.8) is 0 Å². The number of hydrogen-bond donors (Lipinski definition) is 1. The molecule has 1 N–H and O–H groups in total. The number of dihydropyridines is 1. The molecule has 0 radical (unpaired) electrons. The summed E-state index contributed by atoms with van der Waals surface area (Å²) in [5, 5.41) is 3.29. The van der Waals surface area contributed by atoms with Crippen LogP contribution in [0.4, 0.5) is 0 Å². The number of rotatable bonds is 6. The number of carbonyl (C=O) groups is 4. The minimum Gasteiger partial charge on any atom is -0.466 e. The van der Waals surface area contributed by atoms with Gasteiger partial charge in [-0.25, -0.2) is 9.59 Å². The molecule has 0 bridgehead atoms. The molecule has 1 aromatic carbocycles. The number of ether oxygens (including phenoxy) is 3. The van der Waals surface area contributed by atoms with E-state index >= 15 is 0 Å². The van der Waals surface area contributed by atoms with Crippen molar-refractivity contribution in [3.8, 4) is 0 Å². The molecule has 0 spiro atoms. The predicted molar refractivity (Wildman–Crippen MR) is 108 cm³/mol. The number of carbonyl (C=O) groups excluding carboxylic acids is 4. The van der Waals surface area contributed by atoms with Gasteiger partial charge in [0.1, 0.15) is 5.92 Å². The fraction of sp³-hybridized carbons (Fsp3) is 0.300. The Morgan fingerprint density at radius 3 is 1.97 bits per heavy atom. The number of hydrogen-bond acceptors (Lipinski definition) is 8. The summed E-state index contributed by atoms with van der Waals surface area (Å²) in [4.78, 5) is 49.9. The van der Waals surface area contributed by atoms with Crippen LogP contribution in [0.2, 0.25) is 10.0 Å². The minimum atomic E-state index is -1.43. The van der Waals surface area contributed by atoms with Crippen LogP contribution in [0.3, 0.4) is 0 Å². The molecule has 0 fully saturated rings. The van der Waals surface area contributed by atoms with Gasteiger partial charge in [0, 0.05) is 22.0 Å². The van der Waals surface area contributed by atoms with Gasteiger partial charge in [0.05, 0.1) is 30.4 Å². The molecule has 0 unspecified atom stereocenters. The van der Waals surface area contributed by atoms with Gasteiger partial charge in [0.2, 0.25) is 5.78 Å². The lowest BCUT2D eigenvalue weighted by molar-refractivity contribution is -0.150. The summed E-state index contributed by atoms with van der Waals surface area (Å²) in [7, 11) is 2.28. The van der Waals surface area contributed by atoms with Crippen LogP contribution in [0, 0.1) is 5.92 Å². The van der Waals surface area contributed by atoms with Crippen molar-refractivity contribution in [2.24, 2.45) is 5.92 Å². The number of methoxy groups -OCH3 is 2. The Bertz CT molecular complexity index is 943. The van der Waals surface area contributed by atoms with Crippen molar-refractivity contribution in [2.45, 2.75) is 13.8 Å². The number of halogens is 2. The zero-order valence-corrected chi connectivity index (χ0v) is 18.1. The normalized spacial score (nSPS) is 14.2. The lowest BCUT2D eigenvalue weighted by Crippen LogP contribution is -2.38. The average molecular weight is 456 g/mol. The number of allylic oxidation sites excluding steroid dienone is 2. The maximum Gasteiger partial charge on any atom is 0.336 e. The van der Waals surface area contributed by atoms with Crippen LogP contribution in [0.1, 0.15) is 24.2 Å². The Labute approximate surface area is 182 Å². The topological polar surface area (TPSA) is 108 Å². The minimum absolute atomic E-state index is 0.0994. The van der Waals surface area contributed by atoms with Gasteiger partial charge >= 0.3 is 17.9 Å². The van der Waals surface area contributed by atoms with Gasteiger partial charge in [-0.1, -0.05) is 23.2 Å². The Kier molecular flexibility index (Phi) is 7.64. The van der Waals surface area contributed by atoms with Crippen LogP contribution in [0.15, 0.2) is 40.7 Å². The van der Waals surface area contributed by atoms with Gasteiger partial charge in [-0.05, 0) is 32.0 Å². The van der Waals surface area contributed by atoms with Crippen molar-refractivity contribution in [3.05, 3.63) is 56.3 Å². The third kappa shape index (κ3) is 4.83. The Balaban J connectivity index is 2.34. The summed E-state index contributed by atoms with van der Waals surface area (Å²) < 4.78 is 14.6. The molecule has 0 aromatic heterocycles. The second-order valence-electron chi connectivity index (χ2n) is 6.27.